The van der Waals surface area contributed by atoms with Crippen molar-refractivity contribution in [3.8, 4) is 0 Å². The molecule has 1 fully saturated rings. The zero-order chi connectivity index (χ0) is 9.90. The van der Waals surface area contributed by atoms with Crippen LogP contribution in [0.1, 0.15) is 12.8 Å². The van der Waals surface area contributed by atoms with Crippen LogP contribution in [0.15, 0.2) is 0 Å². The van der Waals surface area contributed by atoms with Crippen molar-refractivity contribution in [2.75, 3.05) is 19.8 Å². The summed E-state index contributed by atoms with van der Waals surface area (Å²) in [5.41, 5.74) is 4.06. The topological polar surface area (TPSA) is 92.8 Å². The highest BCUT2D eigenvalue weighted by molar-refractivity contribution is 5.68. The summed E-state index contributed by atoms with van der Waals surface area (Å²) in [6.07, 6.45) is 0.374. The van der Waals surface area contributed by atoms with Gasteiger partial charge in [0.25, 0.3) is 0 Å². The zero-order valence-corrected chi connectivity index (χ0v) is 7.40. The second-order valence-electron chi connectivity index (χ2n) is 3.44. The van der Waals surface area contributed by atoms with E-state index in [0.717, 1.165) is 0 Å². The predicted octanol–water partition coefficient (Wildman–Crippen LogP) is -0.813. The molecular formula is C8H15NO4. The molecule has 0 aromatic rings. The van der Waals surface area contributed by atoms with Crippen LogP contribution in [-0.4, -0.2) is 41.5 Å². The molecule has 0 amide bonds. The molecule has 76 valence electrons. The Morgan fingerprint density at radius 3 is 2.77 bits per heavy atom. The molecule has 1 saturated heterocycles. The number of carboxylic acids is 1. The molecule has 0 spiro atoms. The summed E-state index contributed by atoms with van der Waals surface area (Å²) >= 11 is 0. The first-order valence-electron chi connectivity index (χ1n) is 4.30. The lowest BCUT2D eigenvalue weighted by atomic mass is 9.84. The monoisotopic (exact) mass is 189 g/mol. The van der Waals surface area contributed by atoms with Crippen LogP contribution in [-0.2, 0) is 9.53 Å². The minimum atomic E-state index is -1.30. The third kappa shape index (κ3) is 2.40. The summed E-state index contributed by atoms with van der Waals surface area (Å²) < 4.78 is 5.08. The van der Waals surface area contributed by atoms with Gasteiger partial charge >= 0.3 is 5.97 Å². The van der Waals surface area contributed by atoms with Gasteiger partial charge in [0.1, 0.15) is 0 Å². The second kappa shape index (κ2) is 4.04. The number of aliphatic carboxylic acids is 1. The number of hydrogen-bond donors (Lipinski definition) is 3. The molecule has 2 unspecified atom stereocenters. The van der Waals surface area contributed by atoms with Gasteiger partial charge in [-0.2, -0.15) is 0 Å². The molecule has 2 atom stereocenters. The van der Waals surface area contributed by atoms with Crippen molar-refractivity contribution in [3.63, 3.8) is 0 Å². The molecule has 0 bridgehead atoms. The van der Waals surface area contributed by atoms with Crippen LogP contribution in [0.4, 0.5) is 0 Å². The first kappa shape index (κ1) is 10.4. The lowest BCUT2D eigenvalue weighted by Crippen LogP contribution is -2.47. The van der Waals surface area contributed by atoms with E-state index >= 15 is 0 Å². The Hall–Kier alpha value is -0.650. The average Bonchev–Trinajstić information content (AvgIpc) is 2.55. The van der Waals surface area contributed by atoms with Crippen LogP contribution in [0.3, 0.4) is 0 Å². The predicted molar refractivity (Wildman–Crippen MR) is 45.2 cm³/mol. The number of carboxylic acid groups (broad SMARTS) is 1. The van der Waals surface area contributed by atoms with E-state index in [0.29, 0.717) is 19.6 Å². The molecule has 5 heteroatoms. The Morgan fingerprint density at radius 1 is 1.69 bits per heavy atom. The van der Waals surface area contributed by atoms with Crippen LogP contribution >= 0.6 is 0 Å². The van der Waals surface area contributed by atoms with Crippen molar-refractivity contribution in [3.05, 3.63) is 0 Å². The Bertz CT molecular complexity index is 191. The van der Waals surface area contributed by atoms with Gasteiger partial charge in [-0.25, -0.2) is 0 Å². The van der Waals surface area contributed by atoms with E-state index in [9.17, 15) is 9.90 Å². The van der Waals surface area contributed by atoms with Gasteiger partial charge in [0.05, 0.1) is 18.6 Å². The molecule has 1 heterocycles. The molecule has 1 aliphatic heterocycles. The number of ether oxygens (including phenoxy) is 1. The first-order valence-corrected chi connectivity index (χ1v) is 4.30. The molecule has 1 aliphatic rings. The molecule has 5 nitrogen and oxygen atoms in total. The standard InChI is InChI=1S/C8H15NO4/c9-5-8(12,3-7(10)11)6-1-2-13-4-6/h6,12H,1-5,9H2,(H,10,11). The molecule has 0 aromatic carbocycles. The summed E-state index contributed by atoms with van der Waals surface area (Å²) in [4.78, 5) is 10.5. The molecule has 0 saturated carbocycles. The van der Waals surface area contributed by atoms with Crippen molar-refractivity contribution in [1.82, 2.24) is 0 Å². The molecule has 4 N–H and O–H groups in total. The van der Waals surface area contributed by atoms with Gasteiger partial charge in [-0.1, -0.05) is 0 Å². The highest BCUT2D eigenvalue weighted by atomic mass is 16.5. The fourth-order valence-corrected chi connectivity index (χ4v) is 1.60. The minimum Gasteiger partial charge on any atom is -0.481 e. The second-order valence-corrected chi connectivity index (χ2v) is 3.44. The van der Waals surface area contributed by atoms with Gasteiger partial charge in [-0.3, -0.25) is 4.79 Å². The maximum Gasteiger partial charge on any atom is 0.306 e. The van der Waals surface area contributed by atoms with E-state index in [1.165, 1.54) is 0 Å². The molecular weight excluding hydrogens is 174 g/mol. The van der Waals surface area contributed by atoms with Crippen LogP contribution in [0.5, 0.6) is 0 Å². The third-order valence-corrected chi connectivity index (χ3v) is 2.50. The van der Waals surface area contributed by atoms with Gasteiger partial charge in [-0.15, -0.1) is 0 Å². The fourth-order valence-electron chi connectivity index (χ4n) is 1.60. The van der Waals surface area contributed by atoms with E-state index in [2.05, 4.69) is 0 Å². The van der Waals surface area contributed by atoms with Gasteiger partial charge in [-0.05, 0) is 6.42 Å². The molecule has 1 rings (SSSR count). The Balaban J connectivity index is 2.61. The lowest BCUT2D eigenvalue weighted by molar-refractivity contribution is -0.144. The third-order valence-electron chi connectivity index (χ3n) is 2.50. The molecule has 0 aromatic heterocycles. The fraction of sp³-hybridized carbons (Fsp3) is 0.875. The van der Waals surface area contributed by atoms with Gasteiger partial charge < -0.3 is 20.7 Å². The van der Waals surface area contributed by atoms with Crippen molar-refractivity contribution in [2.45, 2.75) is 18.4 Å². The van der Waals surface area contributed by atoms with E-state index in [1.54, 1.807) is 0 Å². The number of nitrogens with two attached hydrogens (primary N) is 1. The summed E-state index contributed by atoms with van der Waals surface area (Å²) in [7, 11) is 0. The SMILES string of the molecule is NCC(O)(CC(=O)O)C1CCOC1. The smallest absolute Gasteiger partial charge is 0.306 e. The normalized spacial score (nSPS) is 27.1. The number of aliphatic hydroxyl groups is 1. The van der Waals surface area contributed by atoms with Crippen LogP contribution < -0.4 is 5.73 Å². The van der Waals surface area contributed by atoms with Crippen LogP contribution in [0, 0.1) is 5.92 Å². The molecule has 0 aliphatic carbocycles. The molecule has 13 heavy (non-hydrogen) atoms. The highest BCUT2D eigenvalue weighted by Crippen LogP contribution is 2.28. The summed E-state index contributed by atoms with van der Waals surface area (Å²) in [5, 5.41) is 18.5. The van der Waals surface area contributed by atoms with E-state index in [4.69, 9.17) is 15.6 Å². The van der Waals surface area contributed by atoms with Crippen LogP contribution in [0.25, 0.3) is 0 Å². The van der Waals surface area contributed by atoms with Gasteiger partial charge in [0.15, 0.2) is 0 Å². The van der Waals surface area contributed by atoms with Crippen LogP contribution in [0.2, 0.25) is 0 Å². The van der Waals surface area contributed by atoms with E-state index < -0.39 is 11.6 Å². The summed E-state index contributed by atoms with van der Waals surface area (Å²) in [5.74, 6) is -1.17. The summed E-state index contributed by atoms with van der Waals surface area (Å²) in [6, 6.07) is 0. The summed E-state index contributed by atoms with van der Waals surface area (Å²) in [6.45, 7) is 0.945. The Labute approximate surface area is 76.5 Å². The Morgan fingerprint density at radius 2 is 2.38 bits per heavy atom. The number of hydrogen-bond acceptors (Lipinski definition) is 4. The van der Waals surface area contributed by atoms with Gasteiger partial charge in [0, 0.05) is 19.1 Å². The largest absolute Gasteiger partial charge is 0.481 e. The van der Waals surface area contributed by atoms with Crippen molar-refractivity contribution in [1.29, 1.82) is 0 Å². The minimum absolute atomic E-state index is 0.0344. The van der Waals surface area contributed by atoms with Crippen molar-refractivity contribution in [2.24, 2.45) is 11.7 Å². The Kier molecular flexibility index (Phi) is 3.24. The zero-order valence-electron chi connectivity index (χ0n) is 7.40. The quantitative estimate of drug-likeness (QED) is 0.537. The number of carbonyl (C=O) groups is 1. The highest BCUT2D eigenvalue weighted by Gasteiger charge is 2.39. The maximum atomic E-state index is 10.5. The van der Waals surface area contributed by atoms with E-state index in [-0.39, 0.29) is 18.9 Å². The lowest BCUT2D eigenvalue weighted by Gasteiger charge is -2.30. The van der Waals surface area contributed by atoms with Crippen molar-refractivity contribution < 1.29 is 19.7 Å². The maximum absolute atomic E-state index is 10.5. The first-order chi connectivity index (χ1) is 6.08. The number of rotatable bonds is 4. The average molecular weight is 189 g/mol. The van der Waals surface area contributed by atoms with Gasteiger partial charge in [0.2, 0.25) is 0 Å². The van der Waals surface area contributed by atoms with E-state index in [1.807, 2.05) is 0 Å². The van der Waals surface area contributed by atoms with Crippen molar-refractivity contribution >= 4 is 5.97 Å². The molecule has 0 radical (unpaired) electrons.